The molecule has 8 heteroatoms. The van der Waals surface area contributed by atoms with Gasteiger partial charge in [0.2, 0.25) is 0 Å². The van der Waals surface area contributed by atoms with Gasteiger partial charge in [0.05, 0.1) is 23.8 Å². The van der Waals surface area contributed by atoms with E-state index < -0.39 is 30.1 Å². The molecule has 0 aliphatic carbocycles. The molecule has 1 atom stereocenters. The number of aliphatic hydroxyl groups excluding tert-OH is 1. The van der Waals surface area contributed by atoms with E-state index in [1.165, 1.54) is 25.3 Å². The maximum Gasteiger partial charge on any atom is 0.313 e. The van der Waals surface area contributed by atoms with Gasteiger partial charge in [0, 0.05) is 23.7 Å². The summed E-state index contributed by atoms with van der Waals surface area (Å²) in [5, 5.41) is 15.2. The molecule has 168 valence electrons. The molecule has 3 aromatic rings. The minimum absolute atomic E-state index is 0.0890. The molecule has 6 nitrogen and oxygen atoms in total. The molecule has 2 heterocycles. The first-order chi connectivity index (χ1) is 15.2. The van der Waals surface area contributed by atoms with E-state index in [0.717, 1.165) is 11.1 Å². The normalized spacial score (nSPS) is 12.6. The maximum atomic E-state index is 13.6. The van der Waals surface area contributed by atoms with Crippen LogP contribution >= 0.6 is 11.6 Å². The summed E-state index contributed by atoms with van der Waals surface area (Å²) in [5.74, 6) is -1.45. The van der Waals surface area contributed by atoms with Gasteiger partial charge in [-0.1, -0.05) is 37.6 Å². The van der Waals surface area contributed by atoms with Crippen molar-refractivity contribution in [3.63, 3.8) is 0 Å². The third kappa shape index (κ3) is 5.23. The van der Waals surface area contributed by atoms with E-state index >= 15 is 0 Å². The lowest BCUT2D eigenvalue weighted by Gasteiger charge is -2.18. The van der Waals surface area contributed by atoms with E-state index in [1.807, 2.05) is 32.2 Å². The van der Waals surface area contributed by atoms with Crippen LogP contribution in [0.15, 0.2) is 42.6 Å². The van der Waals surface area contributed by atoms with Crippen molar-refractivity contribution in [3.05, 3.63) is 64.6 Å². The number of rotatable bonds is 8. The lowest BCUT2D eigenvalue weighted by atomic mass is 9.93. The van der Waals surface area contributed by atoms with Crippen molar-refractivity contribution < 1.29 is 23.8 Å². The number of hydrogen-bond acceptors (Lipinski definition) is 5. The molecule has 0 saturated heterocycles. The minimum Gasteiger partial charge on any atom is -0.469 e. The van der Waals surface area contributed by atoms with Gasteiger partial charge in [0.1, 0.15) is 23.7 Å². The van der Waals surface area contributed by atoms with E-state index in [-0.39, 0.29) is 17.4 Å². The molecule has 1 N–H and O–H groups in total. The van der Waals surface area contributed by atoms with Crippen molar-refractivity contribution in [2.45, 2.75) is 38.7 Å². The molecule has 0 radical (unpaired) electrons. The first-order valence-electron chi connectivity index (χ1n) is 10.1. The SMILES string of the molecule is COC(=O)CC(=O)CC(O)/C=C/c1c(-c2ccc(F)cc2Cl)nn2cccc2c1C(C)C. The van der Waals surface area contributed by atoms with Crippen molar-refractivity contribution in [2.75, 3.05) is 7.11 Å². The fraction of sp³-hybridized carbons (Fsp3) is 0.292. The summed E-state index contributed by atoms with van der Waals surface area (Å²) in [6.07, 6.45) is 3.27. The van der Waals surface area contributed by atoms with Gasteiger partial charge in [0.25, 0.3) is 0 Å². The number of esters is 1. The average molecular weight is 459 g/mol. The first-order valence-corrected chi connectivity index (χ1v) is 10.5. The molecule has 0 aliphatic rings. The Balaban J connectivity index is 2.07. The zero-order valence-corrected chi connectivity index (χ0v) is 18.8. The van der Waals surface area contributed by atoms with Crippen LogP contribution in [0.3, 0.4) is 0 Å². The van der Waals surface area contributed by atoms with Crippen molar-refractivity contribution >= 4 is 34.9 Å². The predicted molar refractivity (Wildman–Crippen MR) is 121 cm³/mol. The zero-order valence-electron chi connectivity index (χ0n) is 18.0. The highest BCUT2D eigenvalue weighted by Gasteiger charge is 2.20. The molecule has 0 saturated carbocycles. The van der Waals surface area contributed by atoms with Crippen LogP contribution in [-0.2, 0) is 14.3 Å². The fourth-order valence-corrected chi connectivity index (χ4v) is 3.83. The number of hydrogen-bond donors (Lipinski definition) is 1. The van der Waals surface area contributed by atoms with E-state index in [4.69, 9.17) is 11.6 Å². The second-order valence-corrected chi connectivity index (χ2v) is 8.12. The number of Topliss-reactive ketones (excluding diaryl/α,β-unsaturated/α-hetero) is 1. The van der Waals surface area contributed by atoms with Gasteiger partial charge >= 0.3 is 5.97 Å². The minimum atomic E-state index is -1.10. The van der Waals surface area contributed by atoms with Gasteiger partial charge < -0.3 is 9.84 Å². The highest BCUT2D eigenvalue weighted by molar-refractivity contribution is 6.33. The van der Waals surface area contributed by atoms with Crippen molar-refractivity contribution in [2.24, 2.45) is 0 Å². The second-order valence-electron chi connectivity index (χ2n) is 7.71. The van der Waals surface area contributed by atoms with Gasteiger partial charge in [-0.05, 0) is 41.8 Å². The van der Waals surface area contributed by atoms with Crippen molar-refractivity contribution in [1.82, 2.24) is 9.61 Å². The largest absolute Gasteiger partial charge is 0.469 e. The predicted octanol–water partition coefficient (Wildman–Crippen LogP) is 4.81. The van der Waals surface area contributed by atoms with Crippen LogP contribution in [0.25, 0.3) is 22.9 Å². The molecular weight excluding hydrogens is 435 g/mol. The highest BCUT2D eigenvalue weighted by Crippen LogP contribution is 2.36. The van der Waals surface area contributed by atoms with Gasteiger partial charge in [-0.15, -0.1) is 0 Å². The number of halogens is 2. The summed E-state index contributed by atoms with van der Waals surface area (Å²) >= 11 is 6.34. The fourth-order valence-electron chi connectivity index (χ4n) is 3.57. The molecule has 1 unspecified atom stereocenters. The van der Waals surface area contributed by atoms with Gasteiger partial charge in [-0.2, -0.15) is 5.10 Å². The Kier molecular flexibility index (Phi) is 7.43. The van der Waals surface area contributed by atoms with E-state index in [2.05, 4.69) is 9.84 Å². The lowest BCUT2D eigenvalue weighted by Crippen LogP contribution is -2.15. The summed E-state index contributed by atoms with van der Waals surface area (Å²) < 4.78 is 19.9. The first kappa shape index (κ1) is 23.6. The van der Waals surface area contributed by atoms with Gasteiger partial charge in [0.15, 0.2) is 0 Å². The van der Waals surface area contributed by atoms with Crippen LogP contribution in [0.4, 0.5) is 4.39 Å². The topological polar surface area (TPSA) is 80.9 Å². The highest BCUT2D eigenvalue weighted by atomic mass is 35.5. The quantitative estimate of drug-likeness (QED) is 0.387. The van der Waals surface area contributed by atoms with Crippen LogP contribution in [0, 0.1) is 5.82 Å². The Labute approximate surface area is 190 Å². The smallest absolute Gasteiger partial charge is 0.313 e. The molecule has 0 spiro atoms. The van der Waals surface area contributed by atoms with Crippen LogP contribution in [-0.4, -0.2) is 39.7 Å². The number of nitrogens with zero attached hydrogens (tertiary/aromatic N) is 2. The van der Waals surface area contributed by atoms with Gasteiger partial charge in [-0.25, -0.2) is 8.91 Å². The van der Waals surface area contributed by atoms with E-state index in [9.17, 15) is 19.1 Å². The molecule has 32 heavy (non-hydrogen) atoms. The molecule has 0 bridgehead atoms. The molecule has 0 amide bonds. The number of ketones is 1. The van der Waals surface area contributed by atoms with Crippen LogP contribution in [0.1, 0.15) is 43.7 Å². The average Bonchev–Trinajstić information content (AvgIpc) is 3.18. The lowest BCUT2D eigenvalue weighted by molar-refractivity contribution is -0.143. The monoisotopic (exact) mass is 458 g/mol. The molecule has 2 aromatic heterocycles. The number of benzene rings is 1. The van der Waals surface area contributed by atoms with Crippen molar-refractivity contribution in [1.29, 1.82) is 0 Å². The number of methoxy groups -OCH3 is 1. The summed E-state index contributed by atoms with van der Waals surface area (Å²) in [7, 11) is 1.20. The summed E-state index contributed by atoms with van der Waals surface area (Å²) in [6, 6.07) is 7.91. The summed E-state index contributed by atoms with van der Waals surface area (Å²) in [6.45, 7) is 4.07. The number of aromatic nitrogens is 2. The van der Waals surface area contributed by atoms with Crippen molar-refractivity contribution in [3.8, 4) is 11.3 Å². The number of fused-ring (bicyclic) bond motifs is 1. The zero-order chi connectivity index (χ0) is 23.4. The van der Waals surface area contributed by atoms with E-state index in [1.54, 1.807) is 16.7 Å². The Morgan fingerprint density at radius 1 is 1.31 bits per heavy atom. The third-order valence-corrected chi connectivity index (χ3v) is 5.32. The number of ether oxygens (including phenoxy) is 1. The molecular formula is C24H24ClFN2O4. The van der Waals surface area contributed by atoms with Crippen LogP contribution in [0.2, 0.25) is 5.02 Å². The molecule has 1 aromatic carbocycles. The number of aliphatic hydroxyl groups is 1. The Bertz CT molecular complexity index is 1190. The van der Waals surface area contributed by atoms with Gasteiger partial charge in [-0.3, -0.25) is 9.59 Å². The Hall–Kier alpha value is -3.03. The van der Waals surface area contributed by atoms with Crippen LogP contribution in [0.5, 0.6) is 0 Å². The Morgan fingerprint density at radius 3 is 2.72 bits per heavy atom. The van der Waals surface area contributed by atoms with E-state index in [0.29, 0.717) is 16.8 Å². The molecule has 3 rings (SSSR count). The number of carbonyl (C=O) groups excluding carboxylic acids is 2. The molecule has 0 aliphatic heterocycles. The second kappa shape index (κ2) is 10.1. The molecule has 0 fully saturated rings. The Morgan fingerprint density at radius 2 is 2.06 bits per heavy atom. The third-order valence-electron chi connectivity index (χ3n) is 5.01. The number of carbonyl (C=O) groups is 2. The van der Waals surface area contributed by atoms with Crippen LogP contribution < -0.4 is 0 Å². The standard InChI is InChI=1S/C24H24ClFN2O4/c1-14(2)23-19(9-7-16(29)12-17(30)13-22(31)32-3)24(27-28-10-4-5-21(23)28)18-8-6-15(26)11-20(18)25/h4-11,14,16,29H,12-13H2,1-3H3/b9-7+. The maximum absolute atomic E-state index is 13.6. The summed E-state index contributed by atoms with van der Waals surface area (Å²) in [5.41, 5.74) is 3.62. The summed E-state index contributed by atoms with van der Waals surface area (Å²) in [4.78, 5) is 23.2.